The van der Waals surface area contributed by atoms with Crippen LogP contribution >= 0.6 is 0 Å². The zero-order valence-corrected chi connectivity index (χ0v) is 24.5. The number of amides is 1. The van der Waals surface area contributed by atoms with Crippen LogP contribution in [0.5, 0.6) is 5.75 Å². The number of rotatable bonds is 13. The first-order chi connectivity index (χ1) is 18.4. The highest BCUT2D eigenvalue weighted by atomic mass is 19.1. The third-order valence-electron chi connectivity index (χ3n) is 7.03. The molecule has 1 heterocycles. The van der Waals surface area contributed by atoms with Crippen LogP contribution in [-0.4, -0.2) is 43.3 Å². The van der Waals surface area contributed by atoms with Crippen molar-refractivity contribution in [2.45, 2.75) is 98.8 Å². The molecule has 3 rings (SSSR count). The molecule has 1 amide bonds. The van der Waals surface area contributed by atoms with Gasteiger partial charge in [-0.2, -0.15) is 0 Å². The Morgan fingerprint density at radius 3 is 2.47 bits per heavy atom. The third-order valence-corrected chi connectivity index (χ3v) is 7.03. The molecule has 5 nitrogen and oxygen atoms in total. The molecular weight excluding hydrogens is 477 g/mol. The Morgan fingerprint density at radius 1 is 1.18 bits per heavy atom. The largest absolute Gasteiger partial charge is 0.493 e. The number of allylic oxidation sites excluding steroid dienone is 3. The van der Waals surface area contributed by atoms with E-state index in [0.717, 1.165) is 38.0 Å². The van der Waals surface area contributed by atoms with Crippen LogP contribution in [0, 0.1) is 11.7 Å². The zero-order chi connectivity index (χ0) is 27.8. The monoisotopic (exact) mass is 527 g/mol. The van der Waals surface area contributed by atoms with E-state index in [1.54, 1.807) is 12.1 Å². The number of ether oxygens (including phenoxy) is 1. The number of hydrogen-bond donors (Lipinski definition) is 0. The SMILES string of the molecule is CCCCN(C(C)=O)c1ccc(OCCC2CC2)cc1F.C\C=C(/C=N\C(=C\CC)N1CCCCC1)CC. The number of anilines is 1. The summed E-state index contributed by atoms with van der Waals surface area (Å²) in [5.74, 6) is 1.97. The number of unbranched alkanes of at least 4 members (excludes halogenated alkanes) is 1. The topological polar surface area (TPSA) is 45.1 Å². The van der Waals surface area contributed by atoms with E-state index < -0.39 is 5.82 Å². The summed E-state index contributed by atoms with van der Waals surface area (Å²) in [4.78, 5) is 20.3. The number of halogens is 1. The van der Waals surface area contributed by atoms with E-state index in [-0.39, 0.29) is 5.91 Å². The second-order valence-electron chi connectivity index (χ2n) is 10.2. The molecule has 212 valence electrons. The van der Waals surface area contributed by atoms with Crippen LogP contribution in [-0.2, 0) is 4.79 Å². The van der Waals surface area contributed by atoms with Crippen molar-refractivity contribution in [3.8, 4) is 5.75 Å². The number of nitrogens with zero attached hydrogens (tertiary/aromatic N) is 3. The second-order valence-corrected chi connectivity index (χ2v) is 10.2. The summed E-state index contributed by atoms with van der Waals surface area (Å²) in [6, 6.07) is 4.76. The van der Waals surface area contributed by atoms with Crippen LogP contribution in [0.3, 0.4) is 0 Å². The van der Waals surface area contributed by atoms with Crippen LogP contribution in [0.15, 0.2) is 46.7 Å². The molecule has 1 aliphatic heterocycles. The smallest absolute Gasteiger partial charge is 0.223 e. The summed E-state index contributed by atoms with van der Waals surface area (Å²) in [5, 5.41) is 0. The fourth-order valence-corrected chi connectivity index (χ4v) is 4.40. The lowest BCUT2D eigenvalue weighted by atomic mass is 10.1. The van der Waals surface area contributed by atoms with Crippen LogP contribution in [0.25, 0.3) is 0 Å². The van der Waals surface area contributed by atoms with Gasteiger partial charge in [0, 0.05) is 38.8 Å². The molecule has 0 radical (unpaired) electrons. The Bertz CT molecular complexity index is 931. The third kappa shape index (κ3) is 11.4. The van der Waals surface area contributed by atoms with Crippen molar-refractivity contribution in [3.05, 3.63) is 47.6 Å². The predicted molar refractivity (Wildman–Crippen MR) is 159 cm³/mol. The van der Waals surface area contributed by atoms with E-state index in [0.29, 0.717) is 24.6 Å². The first kappa shape index (κ1) is 31.6. The number of likely N-dealkylation sites (tertiary alicyclic amines) is 1. The zero-order valence-electron chi connectivity index (χ0n) is 24.5. The standard InChI is InChI=1S/C17H24FNO2.C15H26N2/c1-3-4-10-19(13(2)20)17-8-7-15(12-16(17)18)21-11-9-14-5-6-14;1-4-10-15(16-13-14(5-2)6-3)17-11-8-7-9-12-17/h7-8,12,14H,3-6,9-11H2,1-2H3;5,10,13H,4,6-9,11-12H2,1-3H3/b;14-5-,15-10-,16-13-. The molecule has 1 aromatic carbocycles. The van der Waals surface area contributed by atoms with Gasteiger partial charge in [0.1, 0.15) is 11.6 Å². The van der Waals surface area contributed by atoms with Crippen LogP contribution in [0.2, 0.25) is 0 Å². The number of benzene rings is 1. The van der Waals surface area contributed by atoms with Gasteiger partial charge in [-0.05, 0) is 81.6 Å². The van der Waals surface area contributed by atoms with E-state index in [4.69, 9.17) is 4.74 Å². The minimum atomic E-state index is -0.398. The van der Waals surface area contributed by atoms with E-state index in [2.05, 4.69) is 42.8 Å². The Labute approximate surface area is 230 Å². The second kappa shape index (κ2) is 17.8. The van der Waals surface area contributed by atoms with Gasteiger partial charge in [-0.25, -0.2) is 9.38 Å². The number of carbonyl (C=O) groups is 1. The average molecular weight is 528 g/mol. The number of piperidine rings is 1. The van der Waals surface area contributed by atoms with E-state index in [9.17, 15) is 9.18 Å². The van der Waals surface area contributed by atoms with Crippen molar-refractivity contribution >= 4 is 17.8 Å². The Kier molecular flexibility index (Phi) is 14.8. The van der Waals surface area contributed by atoms with Crippen LogP contribution in [0.1, 0.15) is 98.8 Å². The first-order valence-electron chi connectivity index (χ1n) is 14.8. The molecular formula is C32H50FN3O2. The molecule has 2 fully saturated rings. The number of aliphatic imine (C=N–C) groups is 1. The lowest BCUT2D eigenvalue weighted by Crippen LogP contribution is -2.30. The van der Waals surface area contributed by atoms with Crippen molar-refractivity contribution in [1.29, 1.82) is 0 Å². The van der Waals surface area contributed by atoms with Crippen molar-refractivity contribution in [1.82, 2.24) is 4.90 Å². The van der Waals surface area contributed by atoms with Crippen LogP contribution < -0.4 is 9.64 Å². The van der Waals surface area contributed by atoms with Gasteiger partial charge in [0.15, 0.2) is 5.82 Å². The number of carbonyl (C=O) groups excluding carboxylic acids is 1. The highest BCUT2D eigenvalue weighted by molar-refractivity contribution is 5.91. The van der Waals surface area contributed by atoms with Gasteiger partial charge in [-0.3, -0.25) is 4.79 Å². The Hall–Kier alpha value is -2.63. The summed E-state index contributed by atoms with van der Waals surface area (Å²) in [5.41, 5.74) is 1.65. The summed E-state index contributed by atoms with van der Waals surface area (Å²) in [7, 11) is 0. The van der Waals surface area contributed by atoms with Crippen LogP contribution in [0.4, 0.5) is 10.1 Å². The summed E-state index contributed by atoms with van der Waals surface area (Å²) in [6.07, 6.45) is 18.0. The van der Waals surface area contributed by atoms with E-state index in [1.807, 2.05) is 13.1 Å². The quantitative estimate of drug-likeness (QED) is 0.242. The minimum absolute atomic E-state index is 0.134. The van der Waals surface area contributed by atoms with Gasteiger partial charge < -0.3 is 14.5 Å². The van der Waals surface area contributed by atoms with Gasteiger partial charge in [-0.15, -0.1) is 0 Å². The minimum Gasteiger partial charge on any atom is -0.493 e. The van der Waals surface area contributed by atoms with E-state index in [1.165, 1.54) is 74.5 Å². The summed E-state index contributed by atoms with van der Waals surface area (Å²) >= 11 is 0. The highest BCUT2D eigenvalue weighted by Gasteiger charge is 2.21. The molecule has 1 aromatic rings. The lowest BCUT2D eigenvalue weighted by molar-refractivity contribution is -0.116. The summed E-state index contributed by atoms with van der Waals surface area (Å²) in [6.45, 7) is 13.5. The molecule has 0 unspecified atom stereocenters. The van der Waals surface area contributed by atoms with Gasteiger partial charge >= 0.3 is 0 Å². The molecule has 0 bridgehead atoms. The Morgan fingerprint density at radius 2 is 1.92 bits per heavy atom. The summed E-state index contributed by atoms with van der Waals surface area (Å²) < 4.78 is 19.8. The Balaban J connectivity index is 0.000000273. The molecule has 0 spiro atoms. The lowest BCUT2D eigenvalue weighted by Gasteiger charge is -2.28. The van der Waals surface area contributed by atoms with Gasteiger partial charge in [0.25, 0.3) is 0 Å². The normalized spacial score (nSPS) is 16.3. The van der Waals surface area contributed by atoms with Gasteiger partial charge in [-0.1, -0.05) is 46.1 Å². The fourth-order valence-electron chi connectivity index (χ4n) is 4.40. The highest BCUT2D eigenvalue weighted by Crippen LogP contribution is 2.32. The fraction of sp³-hybridized carbons (Fsp3) is 0.625. The first-order valence-corrected chi connectivity index (χ1v) is 14.8. The average Bonchev–Trinajstić information content (AvgIpc) is 3.75. The molecule has 1 saturated carbocycles. The molecule has 38 heavy (non-hydrogen) atoms. The van der Waals surface area contributed by atoms with Gasteiger partial charge in [0.05, 0.1) is 12.3 Å². The molecule has 0 N–H and O–H groups in total. The maximum absolute atomic E-state index is 14.2. The molecule has 0 aromatic heterocycles. The molecule has 6 heteroatoms. The molecule has 1 saturated heterocycles. The molecule has 0 atom stereocenters. The van der Waals surface area contributed by atoms with Crippen molar-refractivity contribution in [2.75, 3.05) is 31.1 Å². The predicted octanol–water partition coefficient (Wildman–Crippen LogP) is 8.31. The van der Waals surface area contributed by atoms with Crippen molar-refractivity contribution in [2.24, 2.45) is 10.9 Å². The molecule has 1 aliphatic carbocycles. The maximum Gasteiger partial charge on any atom is 0.223 e. The van der Waals surface area contributed by atoms with Gasteiger partial charge in [0.2, 0.25) is 5.91 Å². The van der Waals surface area contributed by atoms with Crippen molar-refractivity contribution < 1.29 is 13.9 Å². The maximum atomic E-state index is 14.2. The number of hydrogen-bond acceptors (Lipinski definition) is 4. The van der Waals surface area contributed by atoms with Crippen molar-refractivity contribution in [3.63, 3.8) is 0 Å². The molecule has 2 aliphatic rings. The van der Waals surface area contributed by atoms with E-state index >= 15 is 0 Å².